The molecule has 22 heavy (non-hydrogen) atoms. The maximum atomic E-state index is 11.3. The van der Waals surface area contributed by atoms with Crippen LogP contribution in [-0.4, -0.2) is 25.9 Å². The summed E-state index contributed by atoms with van der Waals surface area (Å²) < 4.78 is 1.95. The minimum Gasteiger partial charge on any atom is -0.369 e. The van der Waals surface area contributed by atoms with Gasteiger partial charge in [-0.05, 0) is 30.5 Å². The first-order valence-corrected chi connectivity index (χ1v) is 8.48. The lowest BCUT2D eigenvalue weighted by Gasteiger charge is -2.11. The second-order valence-electron chi connectivity index (χ2n) is 4.65. The van der Waals surface area contributed by atoms with Crippen LogP contribution in [0.15, 0.2) is 52.3 Å². The minimum atomic E-state index is -0.373. The van der Waals surface area contributed by atoms with Gasteiger partial charge in [0.25, 0.3) is 0 Å². The fourth-order valence-electron chi connectivity index (χ4n) is 1.95. The van der Waals surface area contributed by atoms with Crippen LogP contribution in [0, 0.1) is 0 Å². The summed E-state index contributed by atoms with van der Waals surface area (Å²) in [6, 6.07) is 11.8. The number of carbonyl (C=O) groups is 1. The molecule has 0 saturated heterocycles. The summed E-state index contributed by atoms with van der Waals surface area (Å²) in [5, 5.41) is 12.8. The SMILES string of the molecule is CC(Sc1nnc(-c2ccsc2)n1-c1ccccc1)C(N)=O. The number of thiophene rings is 1. The van der Waals surface area contributed by atoms with E-state index in [0.717, 1.165) is 17.1 Å². The number of amides is 1. The van der Waals surface area contributed by atoms with E-state index in [4.69, 9.17) is 5.73 Å². The van der Waals surface area contributed by atoms with Gasteiger partial charge in [0.15, 0.2) is 11.0 Å². The van der Waals surface area contributed by atoms with Crippen molar-refractivity contribution < 1.29 is 4.79 Å². The highest BCUT2D eigenvalue weighted by Crippen LogP contribution is 2.30. The van der Waals surface area contributed by atoms with Crippen LogP contribution in [-0.2, 0) is 4.79 Å². The Balaban J connectivity index is 2.10. The first-order chi connectivity index (χ1) is 10.7. The van der Waals surface area contributed by atoms with E-state index in [1.807, 2.05) is 51.7 Å². The zero-order valence-electron chi connectivity index (χ0n) is 11.8. The first-order valence-electron chi connectivity index (χ1n) is 6.66. The fourth-order valence-corrected chi connectivity index (χ4v) is 3.40. The number of benzene rings is 1. The number of rotatable bonds is 5. The van der Waals surface area contributed by atoms with Crippen LogP contribution in [0.1, 0.15) is 6.92 Å². The smallest absolute Gasteiger partial charge is 0.230 e. The number of aromatic nitrogens is 3. The van der Waals surface area contributed by atoms with Crippen molar-refractivity contribution in [2.24, 2.45) is 5.73 Å². The summed E-state index contributed by atoms with van der Waals surface area (Å²) in [6.45, 7) is 1.77. The number of primary amides is 1. The summed E-state index contributed by atoms with van der Waals surface area (Å²) in [5.41, 5.74) is 7.31. The summed E-state index contributed by atoms with van der Waals surface area (Å²) in [4.78, 5) is 11.3. The lowest BCUT2D eigenvalue weighted by molar-refractivity contribution is -0.117. The average Bonchev–Trinajstić information content (AvgIpc) is 3.16. The van der Waals surface area contributed by atoms with E-state index >= 15 is 0 Å². The van der Waals surface area contributed by atoms with Crippen LogP contribution < -0.4 is 5.73 Å². The van der Waals surface area contributed by atoms with Crippen LogP contribution in [0.4, 0.5) is 0 Å². The molecule has 3 aromatic rings. The van der Waals surface area contributed by atoms with Crippen LogP contribution in [0.3, 0.4) is 0 Å². The molecule has 0 aliphatic heterocycles. The summed E-state index contributed by atoms with van der Waals surface area (Å²) in [6.07, 6.45) is 0. The largest absolute Gasteiger partial charge is 0.369 e. The van der Waals surface area contributed by atoms with Gasteiger partial charge in [0.2, 0.25) is 5.91 Å². The molecule has 2 heterocycles. The molecule has 1 unspecified atom stereocenters. The minimum absolute atomic E-state index is 0.371. The monoisotopic (exact) mass is 330 g/mol. The Morgan fingerprint density at radius 2 is 2.05 bits per heavy atom. The Morgan fingerprint density at radius 3 is 2.68 bits per heavy atom. The Kier molecular flexibility index (Phi) is 4.26. The summed E-state index contributed by atoms with van der Waals surface area (Å²) in [5.74, 6) is 0.385. The zero-order chi connectivity index (χ0) is 15.5. The highest BCUT2D eigenvalue weighted by molar-refractivity contribution is 8.00. The third-order valence-electron chi connectivity index (χ3n) is 3.11. The number of hydrogen-bond acceptors (Lipinski definition) is 5. The topological polar surface area (TPSA) is 73.8 Å². The third-order valence-corrected chi connectivity index (χ3v) is 4.85. The van der Waals surface area contributed by atoms with E-state index in [9.17, 15) is 4.79 Å². The molecule has 0 aliphatic carbocycles. The highest BCUT2D eigenvalue weighted by atomic mass is 32.2. The number of thioether (sulfide) groups is 1. The molecule has 0 aliphatic rings. The van der Waals surface area contributed by atoms with Crippen molar-refractivity contribution in [1.82, 2.24) is 14.8 Å². The van der Waals surface area contributed by atoms with Gasteiger partial charge in [-0.25, -0.2) is 0 Å². The van der Waals surface area contributed by atoms with Crippen molar-refractivity contribution in [2.75, 3.05) is 0 Å². The molecule has 2 N–H and O–H groups in total. The fraction of sp³-hybridized carbons (Fsp3) is 0.133. The molecule has 1 aromatic carbocycles. The van der Waals surface area contributed by atoms with Gasteiger partial charge >= 0.3 is 0 Å². The van der Waals surface area contributed by atoms with E-state index in [1.54, 1.807) is 18.3 Å². The maximum Gasteiger partial charge on any atom is 0.230 e. The van der Waals surface area contributed by atoms with Gasteiger partial charge in [-0.3, -0.25) is 9.36 Å². The molecule has 0 spiro atoms. The molecule has 3 rings (SSSR count). The molecular weight excluding hydrogens is 316 g/mol. The van der Waals surface area contributed by atoms with Crippen LogP contribution >= 0.6 is 23.1 Å². The Hall–Kier alpha value is -2.12. The van der Waals surface area contributed by atoms with Gasteiger partial charge in [-0.1, -0.05) is 30.0 Å². The predicted molar refractivity (Wildman–Crippen MR) is 89.2 cm³/mol. The number of nitrogens with two attached hydrogens (primary N) is 1. The third kappa shape index (κ3) is 2.90. The number of hydrogen-bond donors (Lipinski definition) is 1. The van der Waals surface area contributed by atoms with E-state index < -0.39 is 0 Å². The Labute approximate surface area is 136 Å². The van der Waals surface area contributed by atoms with Crippen LogP contribution in [0.25, 0.3) is 17.1 Å². The quantitative estimate of drug-likeness (QED) is 0.730. The Bertz CT molecular complexity index is 768. The van der Waals surface area contributed by atoms with E-state index in [2.05, 4.69) is 10.2 Å². The molecule has 0 bridgehead atoms. The molecule has 1 amide bonds. The lowest BCUT2D eigenvalue weighted by Crippen LogP contribution is -2.23. The van der Waals surface area contributed by atoms with Gasteiger partial charge in [0, 0.05) is 16.6 Å². The van der Waals surface area contributed by atoms with E-state index in [1.165, 1.54) is 11.8 Å². The molecule has 0 radical (unpaired) electrons. The summed E-state index contributed by atoms with van der Waals surface area (Å²) in [7, 11) is 0. The van der Waals surface area contributed by atoms with Crippen LogP contribution in [0.2, 0.25) is 0 Å². The molecular formula is C15H14N4OS2. The van der Waals surface area contributed by atoms with Crippen molar-refractivity contribution in [3.63, 3.8) is 0 Å². The highest BCUT2D eigenvalue weighted by Gasteiger charge is 2.20. The number of para-hydroxylation sites is 1. The van der Waals surface area contributed by atoms with Crippen LogP contribution in [0.5, 0.6) is 0 Å². The van der Waals surface area contributed by atoms with Crippen molar-refractivity contribution in [1.29, 1.82) is 0 Å². The van der Waals surface area contributed by atoms with E-state index in [0.29, 0.717) is 5.16 Å². The van der Waals surface area contributed by atoms with Crippen molar-refractivity contribution in [3.8, 4) is 17.1 Å². The molecule has 0 saturated carbocycles. The second-order valence-corrected chi connectivity index (χ2v) is 6.74. The first kappa shape index (κ1) is 14.8. The van der Waals surface area contributed by atoms with Crippen molar-refractivity contribution >= 4 is 29.0 Å². The molecule has 7 heteroatoms. The average molecular weight is 330 g/mol. The van der Waals surface area contributed by atoms with Gasteiger partial charge in [0.05, 0.1) is 5.25 Å². The standard InChI is InChI=1S/C15H14N4OS2/c1-10(13(16)20)22-15-18-17-14(11-7-8-21-9-11)19(15)12-5-3-2-4-6-12/h2-10H,1H3,(H2,16,20). The van der Waals surface area contributed by atoms with Gasteiger partial charge in [-0.15, -0.1) is 10.2 Å². The predicted octanol–water partition coefficient (Wildman–Crippen LogP) is 2.96. The molecule has 1 atom stereocenters. The molecule has 112 valence electrons. The number of nitrogens with zero attached hydrogens (tertiary/aromatic N) is 3. The molecule has 0 fully saturated rings. The second kappa shape index (κ2) is 6.33. The Morgan fingerprint density at radius 1 is 1.27 bits per heavy atom. The summed E-state index contributed by atoms with van der Waals surface area (Å²) >= 11 is 2.91. The normalized spacial score (nSPS) is 12.2. The zero-order valence-corrected chi connectivity index (χ0v) is 13.5. The molecule has 2 aromatic heterocycles. The lowest BCUT2D eigenvalue weighted by atomic mass is 10.3. The number of carbonyl (C=O) groups excluding carboxylic acids is 1. The molecule has 5 nitrogen and oxygen atoms in total. The van der Waals surface area contributed by atoms with Gasteiger partial charge < -0.3 is 5.73 Å². The maximum absolute atomic E-state index is 11.3. The van der Waals surface area contributed by atoms with Gasteiger partial charge in [0.1, 0.15) is 0 Å². The van der Waals surface area contributed by atoms with E-state index in [-0.39, 0.29) is 11.2 Å². The van der Waals surface area contributed by atoms with Gasteiger partial charge in [-0.2, -0.15) is 11.3 Å². The van der Waals surface area contributed by atoms with Crippen molar-refractivity contribution in [3.05, 3.63) is 47.2 Å². The van der Waals surface area contributed by atoms with Crippen molar-refractivity contribution in [2.45, 2.75) is 17.3 Å².